The van der Waals surface area contributed by atoms with Crippen LogP contribution in [0.25, 0.3) is 0 Å². The largest absolute Gasteiger partial charge is 0.493 e. The van der Waals surface area contributed by atoms with Gasteiger partial charge in [0.1, 0.15) is 5.75 Å². The third-order valence-corrected chi connectivity index (χ3v) is 4.17. The lowest BCUT2D eigenvalue weighted by Gasteiger charge is -2.13. The molecule has 1 heterocycles. The Morgan fingerprint density at radius 2 is 2.18 bits per heavy atom. The first kappa shape index (κ1) is 11.4. The SMILES string of the molecule is ClC(CNCC1COc2ccccc21)C1CC1. The van der Waals surface area contributed by atoms with Gasteiger partial charge in [0.15, 0.2) is 0 Å². The average Bonchev–Trinajstić information content (AvgIpc) is 3.12. The molecule has 1 saturated carbocycles. The van der Waals surface area contributed by atoms with E-state index in [4.69, 9.17) is 16.3 Å². The third-order valence-electron chi connectivity index (χ3n) is 3.66. The molecular formula is C14H18ClNO. The van der Waals surface area contributed by atoms with Crippen LogP contribution in [0.3, 0.4) is 0 Å². The van der Waals surface area contributed by atoms with E-state index in [-0.39, 0.29) is 0 Å². The maximum Gasteiger partial charge on any atom is 0.122 e. The number of nitrogens with one attached hydrogen (secondary N) is 1. The highest BCUT2D eigenvalue weighted by Gasteiger charge is 2.30. The van der Waals surface area contributed by atoms with Crippen molar-refractivity contribution in [2.75, 3.05) is 19.7 Å². The summed E-state index contributed by atoms with van der Waals surface area (Å²) in [5.74, 6) is 2.29. The number of alkyl halides is 1. The molecule has 92 valence electrons. The molecule has 0 bridgehead atoms. The standard InChI is InChI=1S/C14H18ClNO/c15-13(10-5-6-10)8-16-7-11-9-17-14-4-2-1-3-12(11)14/h1-4,10-11,13,16H,5-9H2. The number of hydrogen-bond acceptors (Lipinski definition) is 2. The Kier molecular flexibility index (Phi) is 3.26. The van der Waals surface area contributed by atoms with Crippen LogP contribution in [0.1, 0.15) is 24.3 Å². The van der Waals surface area contributed by atoms with Crippen molar-refractivity contribution in [3.05, 3.63) is 29.8 Å². The van der Waals surface area contributed by atoms with Crippen molar-refractivity contribution in [2.45, 2.75) is 24.1 Å². The highest BCUT2D eigenvalue weighted by molar-refractivity contribution is 6.21. The monoisotopic (exact) mass is 251 g/mol. The molecule has 2 unspecified atom stereocenters. The molecule has 1 aliphatic heterocycles. The van der Waals surface area contributed by atoms with Crippen molar-refractivity contribution in [1.29, 1.82) is 0 Å². The predicted octanol–water partition coefficient (Wildman–Crippen LogP) is 2.77. The lowest BCUT2D eigenvalue weighted by molar-refractivity contribution is 0.326. The summed E-state index contributed by atoms with van der Waals surface area (Å²) in [6.07, 6.45) is 2.62. The van der Waals surface area contributed by atoms with Gasteiger partial charge in [-0.1, -0.05) is 18.2 Å². The van der Waals surface area contributed by atoms with E-state index in [1.54, 1.807) is 0 Å². The first-order valence-electron chi connectivity index (χ1n) is 6.41. The number of ether oxygens (including phenoxy) is 1. The lowest BCUT2D eigenvalue weighted by Crippen LogP contribution is -2.29. The van der Waals surface area contributed by atoms with E-state index in [2.05, 4.69) is 17.4 Å². The summed E-state index contributed by atoms with van der Waals surface area (Å²) in [6, 6.07) is 8.31. The Balaban J connectivity index is 1.50. The number of benzene rings is 1. The molecule has 1 aromatic rings. The minimum Gasteiger partial charge on any atom is -0.493 e. The summed E-state index contributed by atoms with van der Waals surface area (Å²) in [5.41, 5.74) is 1.33. The van der Waals surface area contributed by atoms with Crippen LogP contribution in [0, 0.1) is 5.92 Å². The molecule has 1 fully saturated rings. The Morgan fingerprint density at radius 3 is 3.00 bits per heavy atom. The van der Waals surface area contributed by atoms with Crippen molar-refractivity contribution in [2.24, 2.45) is 5.92 Å². The fraction of sp³-hybridized carbons (Fsp3) is 0.571. The second kappa shape index (κ2) is 4.87. The Bertz CT molecular complexity index is 392. The molecule has 2 nitrogen and oxygen atoms in total. The van der Waals surface area contributed by atoms with Crippen LogP contribution in [0.5, 0.6) is 5.75 Å². The van der Waals surface area contributed by atoms with E-state index in [1.807, 2.05) is 12.1 Å². The molecule has 3 heteroatoms. The Hall–Kier alpha value is -0.730. The molecule has 0 amide bonds. The molecule has 3 rings (SSSR count). The number of para-hydroxylation sites is 1. The minimum atomic E-state index is 0.313. The van der Waals surface area contributed by atoms with Gasteiger partial charge in [0.2, 0.25) is 0 Å². The molecule has 0 radical (unpaired) electrons. The van der Waals surface area contributed by atoms with Crippen molar-refractivity contribution in [3.63, 3.8) is 0 Å². The molecule has 1 N–H and O–H groups in total. The Labute approximate surface area is 107 Å². The molecule has 0 saturated heterocycles. The maximum atomic E-state index is 6.27. The third kappa shape index (κ3) is 2.58. The first-order valence-corrected chi connectivity index (χ1v) is 6.85. The zero-order valence-electron chi connectivity index (χ0n) is 9.86. The molecule has 1 aromatic carbocycles. The summed E-state index contributed by atoms with van der Waals surface area (Å²) in [6.45, 7) is 2.68. The number of hydrogen-bond donors (Lipinski definition) is 1. The second-order valence-corrected chi connectivity index (χ2v) is 5.62. The zero-order valence-corrected chi connectivity index (χ0v) is 10.6. The highest BCUT2D eigenvalue weighted by atomic mass is 35.5. The molecule has 2 atom stereocenters. The van der Waals surface area contributed by atoms with Crippen LogP contribution in [0.2, 0.25) is 0 Å². The van der Waals surface area contributed by atoms with Crippen LogP contribution in [-0.4, -0.2) is 25.1 Å². The lowest BCUT2D eigenvalue weighted by atomic mass is 10.0. The van der Waals surface area contributed by atoms with E-state index in [0.29, 0.717) is 11.3 Å². The van der Waals surface area contributed by atoms with Gasteiger partial charge in [-0.05, 0) is 24.8 Å². The van der Waals surface area contributed by atoms with Crippen molar-refractivity contribution >= 4 is 11.6 Å². The van der Waals surface area contributed by atoms with Crippen molar-refractivity contribution in [1.82, 2.24) is 5.32 Å². The van der Waals surface area contributed by atoms with Gasteiger partial charge >= 0.3 is 0 Å². The van der Waals surface area contributed by atoms with Gasteiger partial charge < -0.3 is 10.1 Å². The van der Waals surface area contributed by atoms with Crippen molar-refractivity contribution in [3.8, 4) is 5.75 Å². The van der Waals surface area contributed by atoms with Crippen LogP contribution < -0.4 is 10.1 Å². The summed E-state index contributed by atoms with van der Waals surface area (Å²) >= 11 is 6.27. The van der Waals surface area contributed by atoms with Gasteiger partial charge in [-0.25, -0.2) is 0 Å². The Morgan fingerprint density at radius 1 is 1.35 bits per heavy atom. The maximum absolute atomic E-state index is 6.27. The van der Waals surface area contributed by atoms with E-state index in [9.17, 15) is 0 Å². The van der Waals surface area contributed by atoms with Gasteiger partial charge in [0.05, 0.1) is 6.61 Å². The van der Waals surface area contributed by atoms with E-state index < -0.39 is 0 Å². The second-order valence-electron chi connectivity index (χ2n) is 5.06. The minimum absolute atomic E-state index is 0.313. The average molecular weight is 252 g/mol. The van der Waals surface area contributed by atoms with Gasteiger partial charge in [0, 0.05) is 29.9 Å². The molecule has 17 heavy (non-hydrogen) atoms. The molecule has 2 aliphatic rings. The van der Waals surface area contributed by atoms with Gasteiger partial charge in [0.25, 0.3) is 0 Å². The van der Waals surface area contributed by atoms with E-state index >= 15 is 0 Å². The fourth-order valence-electron chi connectivity index (χ4n) is 2.42. The number of fused-ring (bicyclic) bond motifs is 1. The fourth-order valence-corrected chi connectivity index (χ4v) is 2.78. The summed E-state index contributed by atoms with van der Waals surface area (Å²) in [5, 5.41) is 3.79. The number of halogens is 1. The normalized spacial score (nSPS) is 24.2. The molecule has 0 spiro atoms. The predicted molar refractivity (Wildman–Crippen MR) is 69.9 cm³/mol. The first-order chi connectivity index (χ1) is 8.34. The molecule has 0 aromatic heterocycles. The smallest absolute Gasteiger partial charge is 0.122 e. The molecular weight excluding hydrogens is 234 g/mol. The topological polar surface area (TPSA) is 21.3 Å². The van der Waals surface area contributed by atoms with Crippen LogP contribution in [-0.2, 0) is 0 Å². The summed E-state index contributed by atoms with van der Waals surface area (Å²) in [7, 11) is 0. The van der Waals surface area contributed by atoms with Gasteiger partial charge in [-0.3, -0.25) is 0 Å². The quantitative estimate of drug-likeness (QED) is 0.813. The number of rotatable bonds is 5. The molecule has 1 aliphatic carbocycles. The zero-order chi connectivity index (χ0) is 11.7. The van der Waals surface area contributed by atoms with E-state index in [1.165, 1.54) is 18.4 Å². The van der Waals surface area contributed by atoms with E-state index in [0.717, 1.165) is 31.4 Å². The van der Waals surface area contributed by atoms with Crippen LogP contribution in [0.4, 0.5) is 0 Å². The van der Waals surface area contributed by atoms with Gasteiger partial charge in [-0.15, -0.1) is 11.6 Å². The highest BCUT2D eigenvalue weighted by Crippen LogP contribution is 2.36. The summed E-state index contributed by atoms with van der Waals surface area (Å²) in [4.78, 5) is 0. The van der Waals surface area contributed by atoms with Crippen LogP contribution >= 0.6 is 11.6 Å². The van der Waals surface area contributed by atoms with Crippen LogP contribution in [0.15, 0.2) is 24.3 Å². The summed E-state index contributed by atoms with van der Waals surface area (Å²) < 4.78 is 5.66. The van der Waals surface area contributed by atoms with Crippen molar-refractivity contribution < 1.29 is 4.74 Å². The van der Waals surface area contributed by atoms with Gasteiger partial charge in [-0.2, -0.15) is 0 Å².